The molecule has 1 aromatic carbocycles. The third kappa shape index (κ3) is 2.03. The number of fused-ring (bicyclic) bond motifs is 1. The van der Waals surface area contributed by atoms with E-state index in [0.29, 0.717) is 19.5 Å². The minimum Gasteiger partial charge on any atom is -0.459 e. The Bertz CT molecular complexity index is 530. The van der Waals surface area contributed by atoms with E-state index in [1.165, 1.54) is 0 Å². The fourth-order valence-corrected chi connectivity index (χ4v) is 2.48. The Morgan fingerprint density at radius 1 is 1.41 bits per heavy atom. The number of rotatable bonds is 2. The van der Waals surface area contributed by atoms with Crippen molar-refractivity contribution in [3.63, 3.8) is 0 Å². The third-order valence-corrected chi connectivity index (χ3v) is 3.28. The molecule has 0 bridgehead atoms. The van der Waals surface area contributed by atoms with Crippen LogP contribution in [0, 0.1) is 0 Å². The number of benzene rings is 1. The van der Waals surface area contributed by atoms with Crippen molar-refractivity contribution in [1.29, 1.82) is 0 Å². The van der Waals surface area contributed by atoms with Gasteiger partial charge in [0.1, 0.15) is 11.3 Å². The van der Waals surface area contributed by atoms with Crippen LogP contribution in [-0.4, -0.2) is 22.7 Å². The summed E-state index contributed by atoms with van der Waals surface area (Å²) in [6.45, 7) is 1.12. The molecule has 1 atom stereocenters. The lowest BCUT2D eigenvalue weighted by Crippen LogP contribution is -2.24. The van der Waals surface area contributed by atoms with Crippen molar-refractivity contribution in [3.05, 3.63) is 36.1 Å². The predicted octanol–water partition coefficient (Wildman–Crippen LogP) is 2.77. The Labute approximate surface area is 104 Å². The molecule has 4 heteroatoms. The van der Waals surface area contributed by atoms with E-state index >= 15 is 0 Å². The van der Waals surface area contributed by atoms with Crippen LogP contribution in [0.2, 0.25) is 0 Å². The zero-order valence-electron chi connectivity index (χ0n) is 9.23. The number of hydrogen-bond acceptors (Lipinski definition) is 2. The molecular formula is C13H12ClNO2. The average molecular weight is 250 g/mol. The summed E-state index contributed by atoms with van der Waals surface area (Å²) >= 11 is 5.95. The van der Waals surface area contributed by atoms with Crippen molar-refractivity contribution in [2.75, 3.05) is 6.54 Å². The average Bonchev–Trinajstić information content (AvgIpc) is 2.82. The van der Waals surface area contributed by atoms with Crippen LogP contribution in [-0.2, 0) is 11.3 Å². The Kier molecular flexibility index (Phi) is 2.56. The molecule has 1 aliphatic heterocycles. The summed E-state index contributed by atoms with van der Waals surface area (Å²) in [6, 6.07) is 9.81. The molecule has 0 aliphatic carbocycles. The Morgan fingerprint density at radius 3 is 2.94 bits per heavy atom. The van der Waals surface area contributed by atoms with Crippen molar-refractivity contribution >= 4 is 28.5 Å². The van der Waals surface area contributed by atoms with Crippen molar-refractivity contribution in [3.8, 4) is 0 Å². The van der Waals surface area contributed by atoms with Gasteiger partial charge in [-0.15, -0.1) is 11.6 Å². The first kappa shape index (κ1) is 10.7. The molecule has 0 saturated carbocycles. The van der Waals surface area contributed by atoms with E-state index in [4.69, 9.17) is 16.0 Å². The molecular weight excluding hydrogens is 238 g/mol. The second-order valence-corrected chi connectivity index (χ2v) is 4.94. The second kappa shape index (κ2) is 4.08. The zero-order chi connectivity index (χ0) is 11.8. The van der Waals surface area contributed by atoms with Gasteiger partial charge in [0.25, 0.3) is 0 Å². The first-order valence-corrected chi connectivity index (χ1v) is 6.05. The number of alkyl halides is 1. The van der Waals surface area contributed by atoms with Crippen LogP contribution in [0.1, 0.15) is 12.2 Å². The molecule has 2 heterocycles. The van der Waals surface area contributed by atoms with E-state index in [1.54, 1.807) is 4.90 Å². The number of hydrogen-bond donors (Lipinski definition) is 0. The number of furan rings is 1. The number of likely N-dealkylation sites (tertiary alicyclic amines) is 1. The molecule has 1 fully saturated rings. The van der Waals surface area contributed by atoms with Gasteiger partial charge in [-0.3, -0.25) is 4.79 Å². The lowest BCUT2D eigenvalue weighted by atomic mass is 10.2. The van der Waals surface area contributed by atoms with Crippen LogP contribution >= 0.6 is 11.6 Å². The van der Waals surface area contributed by atoms with E-state index in [9.17, 15) is 4.79 Å². The van der Waals surface area contributed by atoms with Gasteiger partial charge >= 0.3 is 0 Å². The summed E-state index contributed by atoms with van der Waals surface area (Å²) in [5.41, 5.74) is 0.858. The molecule has 1 saturated heterocycles. The molecule has 1 aromatic heterocycles. The Morgan fingerprint density at radius 2 is 2.24 bits per heavy atom. The molecule has 1 unspecified atom stereocenters. The number of amides is 1. The van der Waals surface area contributed by atoms with Crippen molar-refractivity contribution in [1.82, 2.24) is 4.90 Å². The van der Waals surface area contributed by atoms with E-state index in [-0.39, 0.29) is 11.3 Å². The fraction of sp³-hybridized carbons (Fsp3) is 0.308. The van der Waals surface area contributed by atoms with Crippen LogP contribution in [0.25, 0.3) is 11.0 Å². The van der Waals surface area contributed by atoms with Crippen LogP contribution in [0.3, 0.4) is 0 Å². The van der Waals surface area contributed by atoms with Gasteiger partial charge in [-0.25, -0.2) is 0 Å². The van der Waals surface area contributed by atoms with E-state index in [0.717, 1.165) is 16.7 Å². The molecule has 1 aliphatic rings. The molecule has 0 radical (unpaired) electrons. The Hall–Kier alpha value is -1.48. The van der Waals surface area contributed by atoms with Crippen LogP contribution in [0.4, 0.5) is 0 Å². The minimum absolute atomic E-state index is 0.0631. The van der Waals surface area contributed by atoms with Gasteiger partial charge in [-0.05, 0) is 12.1 Å². The van der Waals surface area contributed by atoms with Gasteiger partial charge in [0.15, 0.2) is 0 Å². The summed E-state index contributed by atoms with van der Waals surface area (Å²) < 4.78 is 5.68. The maximum absolute atomic E-state index is 11.6. The highest BCUT2D eigenvalue weighted by molar-refractivity contribution is 6.22. The summed E-state index contributed by atoms with van der Waals surface area (Å²) in [4.78, 5) is 13.3. The minimum atomic E-state index is -0.0631. The Balaban J connectivity index is 1.83. The largest absolute Gasteiger partial charge is 0.459 e. The summed E-state index contributed by atoms with van der Waals surface area (Å²) in [7, 11) is 0. The quantitative estimate of drug-likeness (QED) is 0.767. The maximum atomic E-state index is 11.6. The number of carbonyl (C=O) groups excluding carboxylic acids is 1. The van der Waals surface area contributed by atoms with Crippen LogP contribution in [0.5, 0.6) is 0 Å². The fourth-order valence-electron chi connectivity index (χ4n) is 2.18. The number of carbonyl (C=O) groups is 1. The molecule has 2 aromatic rings. The van der Waals surface area contributed by atoms with E-state index in [2.05, 4.69) is 0 Å². The molecule has 0 spiro atoms. The predicted molar refractivity (Wildman–Crippen MR) is 65.9 cm³/mol. The molecule has 1 amide bonds. The van der Waals surface area contributed by atoms with Gasteiger partial charge in [0.05, 0.1) is 11.9 Å². The number of halogens is 1. The highest BCUT2D eigenvalue weighted by Gasteiger charge is 2.28. The normalized spacial score (nSPS) is 20.4. The molecule has 0 N–H and O–H groups in total. The number of nitrogens with zero attached hydrogens (tertiary/aromatic N) is 1. The van der Waals surface area contributed by atoms with E-state index < -0.39 is 0 Å². The SMILES string of the molecule is O=C1CC(Cl)CN1Cc1cc2ccccc2o1. The van der Waals surface area contributed by atoms with Gasteiger partial charge in [0, 0.05) is 18.4 Å². The maximum Gasteiger partial charge on any atom is 0.224 e. The summed E-state index contributed by atoms with van der Waals surface area (Å²) in [5, 5.41) is 1.00. The highest BCUT2D eigenvalue weighted by Crippen LogP contribution is 2.23. The first-order valence-electron chi connectivity index (χ1n) is 5.61. The second-order valence-electron chi connectivity index (χ2n) is 4.33. The monoisotopic (exact) mass is 249 g/mol. The third-order valence-electron chi connectivity index (χ3n) is 2.99. The van der Waals surface area contributed by atoms with Gasteiger partial charge in [0.2, 0.25) is 5.91 Å². The lowest BCUT2D eigenvalue weighted by Gasteiger charge is -2.13. The van der Waals surface area contributed by atoms with Gasteiger partial charge in [-0.1, -0.05) is 18.2 Å². The standard InChI is InChI=1S/C13H12ClNO2/c14-10-6-13(16)15(7-10)8-11-5-9-3-1-2-4-12(9)17-11/h1-5,10H,6-8H2. The van der Waals surface area contributed by atoms with Gasteiger partial charge < -0.3 is 9.32 Å². The molecule has 88 valence electrons. The smallest absolute Gasteiger partial charge is 0.224 e. The summed E-state index contributed by atoms with van der Waals surface area (Å²) in [5.74, 6) is 0.913. The van der Waals surface area contributed by atoms with Gasteiger partial charge in [-0.2, -0.15) is 0 Å². The lowest BCUT2D eigenvalue weighted by molar-refractivity contribution is -0.128. The molecule has 3 nitrogen and oxygen atoms in total. The van der Waals surface area contributed by atoms with Crippen LogP contribution < -0.4 is 0 Å². The van der Waals surface area contributed by atoms with Crippen LogP contribution in [0.15, 0.2) is 34.7 Å². The van der Waals surface area contributed by atoms with Crippen molar-refractivity contribution in [2.24, 2.45) is 0 Å². The number of para-hydroxylation sites is 1. The zero-order valence-corrected chi connectivity index (χ0v) is 9.98. The van der Waals surface area contributed by atoms with Crippen molar-refractivity contribution < 1.29 is 9.21 Å². The topological polar surface area (TPSA) is 33.5 Å². The molecule has 3 rings (SSSR count). The first-order chi connectivity index (χ1) is 8.22. The van der Waals surface area contributed by atoms with E-state index in [1.807, 2.05) is 30.3 Å². The highest BCUT2D eigenvalue weighted by atomic mass is 35.5. The molecule has 17 heavy (non-hydrogen) atoms. The summed E-state index contributed by atoms with van der Waals surface area (Å²) in [6.07, 6.45) is 0.432. The van der Waals surface area contributed by atoms with Crippen molar-refractivity contribution in [2.45, 2.75) is 18.3 Å².